The molecule has 20 heteroatoms. The number of amides is 4. The van der Waals surface area contributed by atoms with Crippen molar-refractivity contribution in [3.63, 3.8) is 0 Å². The lowest BCUT2D eigenvalue weighted by Crippen LogP contribution is -2.37. The molecule has 62 heavy (non-hydrogen) atoms. The number of benzene rings is 2. The van der Waals surface area contributed by atoms with Gasteiger partial charge in [-0.25, -0.2) is 9.97 Å². The summed E-state index contributed by atoms with van der Waals surface area (Å²) in [5.74, 6) is -1.21. The van der Waals surface area contributed by atoms with Gasteiger partial charge >= 0.3 is 0 Å². The van der Waals surface area contributed by atoms with Gasteiger partial charge in [0.1, 0.15) is 22.7 Å². The molecular weight excluding hydrogens is 815 g/mol. The second-order valence-corrected chi connectivity index (χ2v) is 15.6. The van der Waals surface area contributed by atoms with Crippen LogP contribution in [0.5, 0.6) is 5.75 Å². The highest BCUT2D eigenvalue weighted by Crippen LogP contribution is 2.33. The zero-order valence-electron chi connectivity index (χ0n) is 35.4. The Balaban J connectivity index is 1.25. The molecular formula is C42H51N13O6S. The number of carbonyl (C=O) groups is 4. The van der Waals surface area contributed by atoms with Crippen molar-refractivity contribution in [2.24, 2.45) is 11.5 Å². The number of primary amides is 2. The number of imidazole rings is 2. The maximum atomic E-state index is 13.8. The first-order valence-corrected chi connectivity index (χ1v) is 21.6. The Hall–Kier alpha value is -6.51. The van der Waals surface area contributed by atoms with E-state index in [0.717, 1.165) is 31.0 Å². The van der Waals surface area contributed by atoms with Gasteiger partial charge in [0.2, 0.25) is 23.7 Å². The number of anilines is 2. The van der Waals surface area contributed by atoms with E-state index in [1.165, 1.54) is 11.8 Å². The van der Waals surface area contributed by atoms with Gasteiger partial charge in [-0.15, -0.1) is 11.8 Å². The van der Waals surface area contributed by atoms with Crippen LogP contribution in [0.15, 0.2) is 53.4 Å². The van der Waals surface area contributed by atoms with Crippen LogP contribution in [0, 0.1) is 13.8 Å². The molecule has 0 saturated carbocycles. The summed E-state index contributed by atoms with van der Waals surface area (Å²) in [7, 11) is 0. The number of aromatic nitrogens is 8. The predicted octanol–water partition coefficient (Wildman–Crippen LogP) is 4.22. The molecule has 1 aliphatic heterocycles. The van der Waals surface area contributed by atoms with Crippen molar-refractivity contribution in [2.45, 2.75) is 65.2 Å². The molecule has 0 radical (unpaired) electrons. The Morgan fingerprint density at radius 3 is 1.81 bits per heavy atom. The molecule has 1 aliphatic rings. The number of nitrogens with one attached hydrogen (secondary N) is 2. The number of carbonyl (C=O) groups excluding carboxylic acids is 4. The number of hydrogen-bond acceptors (Lipinski definition) is 12. The number of hydrogen-bond donors (Lipinski definition) is 4. The van der Waals surface area contributed by atoms with Crippen molar-refractivity contribution in [3.8, 4) is 5.75 Å². The molecule has 6 aromatic rings. The summed E-state index contributed by atoms with van der Waals surface area (Å²) in [6.07, 6.45) is 6.40. The third-order valence-corrected chi connectivity index (χ3v) is 11.2. The first-order chi connectivity index (χ1) is 29.9. The van der Waals surface area contributed by atoms with Gasteiger partial charge in [0, 0.05) is 61.8 Å². The van der Waals surface area contributed by atoms with Crippen LogP contribution in [0.2, 0.25) is 0 Å². The van der Waals surface area contributed by atoms with Crippen LogP contribution in [0.25, 0.3) is 22.1 Å². The fourth-order valence-corrected chi connectivity index (χ4v) is 8.13. The monoisotopic (exact) mass is 865 g/mol. The maximum absolute atomic E-state index is 13.8. The third kappa shape index (κ3) is 9.36. The second kappa shape index (κ2) is 19.0. The zero-order chi connectivity index (χ0) is 44.1. The summed E-state index contributed by atoms with van der Waals surface area (Å²) in [4.78, 5) is 65.0. The topological polar surface area (TPSA) is 237 Å². The Morgan fingerprint density at radius 2 is 1.29 bits per heavy atom. The van der Waals surface area contributed by atoms with E-state index in [-0.39, 0.29) is 36.1 Å². The summed E-state index contributed by atoms with van der Waals surface area (Å²) in [5, 5.41) is 14.8. The van der Waals surface area contributed by atoms with Gasteiger partial charge in [-0.3, -0.25) is 44.1 Å². The standard InChI is InChI=1S/C42H51N13O6S/c1-6-54-31(19-25(3)49-54)39(58)47-41-45-29-21-27(37(43)56)23-33(61-16-10-11-51-14-17-60-18-15-51)35(29)52(41)12-8-9-13-53-36-30(22-28(38(44)57)24-34(36)62-5)46-42(53)48-40(59)32-20-26(4)50-55(32)7-2/h8-9,19-24H,6-7,10-18H2,1-5H3,(H2,43,56)(H2,44,57)(H,45,47,58)(H,46,48,59). The minimum absolute atomic E-state index is 0.197. The number of rotatable bonds is 18. The number of ether oxygens (including phenoxy) is 2. The molecule has 6 N–H and O–H groups in total. The highest BCUT2D eigenvalue weighted by atomic mass is 32.2. The van der Waals surface area contributed by atoms with Crippen LogP contribution in [0.1, 0.15) is 73.3 Å². The molecule has 4 amide bonds. The number of nitrogens with two attached hydrogens (primary N) is 2. The molecule has 0 bridgehead atoms. The fourth-order valence-electron chi connectivity index (χ4n) is 7.48. The van der Waals surface area contributed by atoms with Crippen molar-refractivity contribution >= 4 is 69.4 Å². The van der Waals surface area contributed by atoms with E-state index in [0.29, 0.717) is 83.5 Å². The molecule has 19 nitrogen and oxygen atoms in total. The van der Waals surface area contributed by atoms with Crippen molar-refractivity contribution in [1.82, 2.24) is 43.6 Å². The average molecular weight is 866 g/mol. The summed E-state index contributed by atoms with van der Waals surface area (Å²) >= 11 is 1.42. The molecule has 1 saturated heterocycles. The number of morpholine rings is 1. The van der Waals surface area contributed by atoms with Crippen LogP contribution in [-0.2, 0) is 30.9 Å². The molecule has 0 unspecified atom stereocenters. The van der Waals surface area contributed by atoms with E-state index in [1.54, 1.807) is 50.3 Å². The van der Waals surface area contributed by atoms with Crippen LogP contribution in [0.4, 0.5) is 11.9 Å². The van der Waals surface area contributed by atoms with E-state index in [2.05, 4.69) is 25.7 Å². The highest BCUT2D eigenvalue weighted by Gasteiger charge is 2.24. The quantitative estimate of drug-likeness (QED) is 0.0540. The van der Waals surface area contributed by atoms with Crippen LogP contribution >= 0.6 is 11.8 Å². The van der Waals surface area contributed by atoms with Gasteiger partial charge in [0.25, 0.3) is 11.8 Å². The van der Waals surface area contributed by atoms with E-state index in [1.807, 2.05) is 50.7 Å². The Bertz CT molecular complexity index is 2690. The van der Waals surface area contributed by atoms with Crippen molar-refractivity contribution in [2.75, 3.05) is 56.3 Å². The van der Waals surface area contributed by atoms with Crippen molar-refractivity contribution < 1.29 is 28.7 Å². The minimum Gasteiger partial charge on any atom is -0.491 e. The number of allylic oxidation sites excluding steroid dienone is 2. The minimum atomic E-state index is -0.648. The Labute approximate surface area is 361 Å². The lowest BCUT2D eigenvalue weighted by atomic mass is 10.1. The van der Waals surface area contributed by atoms with Gasteiger partial charge in [0.15, 0.2) is 0 Å². The molecule has 0 atom stereocenters. The van der Waals surface area contributed by atoms with Crippen LogP contribution in [0.3, 0.4) is 0 Å². The zero-order valence-corrected chi connectivity index (χ0v) is 36.3. The number of aryl methyl sites for hydroxylation is 4. The molecule has 1 fully saturated rings. The SMILES string of the molecule is CCn1nc(C)cc1C(=O)Nc1nc2cc(C(N)=O)cc(OCCCN3CCOCC3)c2n1CC=CCn1c(NC(=O)c2cc(C)nn2CC)nc2cc(C(N)=O)cc(SC)c21. The van der Waals surface area contributed by atoms with Crippen molar-refractivity contribution in [3.05, 3.63) is 82.5 Å². The number of fused-ring (bicyclic) bond motifs is 2. The molecule has 4 aromatic heterocycles. The lowest BCUT2D eigenvalue weighted by molar-refractivity contribution is 0.0358. The van der Waals surface area contributed by atoms with E-state index in [9.17, 15) is 19.2 Å². The fraction of sp³-hybridized carbons (Fsp3) is 0.381. The molecule has 2 aromatic carbocycles. The number of thioether (sulfide) groups is 1. The van der Waals surface area contributed by atoms with Gasteiger partial charge in [0.05, 0.1) is 47.8 Å². The van der Waals surface area contributed by atoms with Gasteiger partial charge < -0.3 is 30.1 Å². The molecule has 326 valence electrons. The summed E-state index contributed by atoms with van der Waals surface area (Å²) in [6, 6.07) is 9.91. The number of nitrogens with zero attached hydrogens (tertiary/aromatic N) is 9. The maximum Gasteiger partial charge on any atom is 0.276 e. The smallest absolute Gasteiger partial charge is 0.276 e. The van der Waals surface area contributed by atoms with Crippen LogP contribution in [-0.4, -0.2) is 113 Å². The third-order valence-electron chi connectivity index (χ3n) is 10.4. The summed E-state index contributed by atoms with van der Waals surface area (Å²) in [6.45, 7) is 13.1. The van der Waals surface area contributed by atoms with Crippen LogP contribution < -0.4 is 26.8 Å². The summed E-state index contributed by atoms with van der Waals surface area (Å²) < 4.78 is 18.8. The van der Waals surface area contributed by atoms with Gasteiger partial charge in [-0.1, -0.05) is 12.2 Å². The van der Waals surface area contributed by atoms with E-state index in [4.69, 9.17) is 30.9 Å². The van der Waals surface area contributed by atoms with E-state index < -0.39 is 23.6 Å². The first kappa shape index (κ1) is 43.6. The van der Waals surface area contributed by atoms with E-state index >= 15 is 0 Å². The summed E-state index contributed by atoms with van der Waals surface area (Å²) in [5.41, 5.74) is 16.2. The van der Waals surface area contributed by atoms with Gasteiger partial charge in [-0.05, 0) is 76.8 Å². The predicted molar refractivity (Wildman–Crippen MR) is 236 cm³/mol. The molecule has 0 aliphatic carbocycles. The Morgan fingerprint density at radius 1 is 0.774 bits per heavy atom. The Kier molecular flexibility index (Phi) is 13.4. The first-order valence-electron chi connectivity index (χ1n) is 20.4. The average Bonchev–Trinajstić information content (AvgIpc) is 4.03. The normalized spacial score (nSPS) is 13.4. The molecule has 5 heterocycles. The second-order valence-electron chi connectivity index (χ2n) is 14.7. The highest BCUT2D eigenvalue weighted by molar-refractivity contribution is 7.98. The molecule has 7 rings (SSSR count). The van der Waals surface area contributed by atoms with Gasteiger partial charge in [-0.2, -0.15) is 10.2 Å². The molecule has 0 spiro atoms. The largest absolute Gasteiger partial charge is 0.491 e. The lowest BCUT2D eigenvalue weighted by Gasteiger charge is -2.26. The van der Waals surface area contributed by atoms with Crippen molar-refractivity contribution in [1.29, 1.82) is 0 Å².